The smallest absolute Gasteiger partial charge is 0.381 e. The fourth-order valence-corrected chi connectivity index (χ4v) is 3.42. The van der Waals surface area contributed by atoms with E-state index in [4.69, 9.17) is 4.74 Å². The van der Waals surface area contributed by atoms with Crippen LogP contribution in [0.4, 0.5) is 13.2 Å². The van der Waals surface area contributed by atoms with Crippen molar-refractivity contribution in [3.63, 3.8) is 0 Å². The van der Waals surface area contributed by atoms with Gasteiger partial charge in [0.25, 0.3) is 0 Å². The molecule has 25 heavy (non-hydrogen) atoms. The Hall–Kier alpha value is -1.04. The summed E-state index contributed by atoms with van der Waals surface area (Å²) in [4.78, 5) is 10.4. The molecular formula is C15H23F3IN5O. The van der Waals surface area contributed by atoms with E-state index in [2.05, 4.69) is 20.2 Å². The van der Waals surface area contributed by atoms with Gasteiger partial charge in [0.1, 0.15) is 12.4 Å². The molecule has 1 unspecified atom stereocenters. The zero-order valence-corrected chi connectivity index (χ0v) is 16.4. The number of rotatable bonds is 3. The highest BCUT2D eigenvalue weighted by molar-refractivity contribution is 14.0. The van der Waals surface area contributed by atoms with Crippen LogP contribution in [0.5, 0.6) is 0 Å². The highest BCUT2D eigenvalue weighted by Gasteiger charge is 2.42. The minimum Gasteiger partial charge on any atom is -0.381 e. The number of guanidine groups is 1. The predicted molar refractivity (Wildman–Crippen MR) is 98.0 cm³/mol. The largest absolute Gasteiger partial charge is 0.406 e. The zero-order chi connectivity index (χ0) is 17.2. The van der Waals surface area contributed by atoms with Gasteiger partial charge < -0.3 is 19.5 Å². The van der Waals surface area contributed by atoms with Crippen molar-refractivity contribution in [1.82, 2.24) is 19.8 Å². The number of aromatic nitrogens is 2. The maximum Gasteiger partial charge on any atom is 0.406 e. The van der Waals surface area contributed by atoms with E-state index in [1.54, 1.807) is 7.05 Å². The molecule has 3 rings (SSSR count). The molecule has 3 heterocycles. The minimum absolute atomic E-state index is 0. The van der Waals surface area contributed by atoms with E-state index in [1.165, 1.54) is 12.4 Å². The predicted octanol–water partition coefficient (Wildman–Crippen LogP) is 2.25. The maximum absolute atomic E-state index is 12.6. The van der Waals surface area contributed by atoms with Crippen LogP contribution in [-0.2, 0) is 17.8 Å². The highest BCUT2D eigenvalue weighted by Crippen LogP contribution is 2.38. The number of nitrogens with zero attached hydrogens (tertiary/aromatic N) is 4. The van der Waals surface area contributed by atoms with Gasteiger partial charge in [-0.05, 0) is 12.8 Å². The van der Waals surface area contributed by atoms with Crippen molar-refractivity contribution in [3.05, 3.63) is 18.2 Å². The van der Waals surface area contributed by atoms with Crippen molar-refractivity contribution in [2.45, 2.75) is 32.1 Å². The summed E-state index contributed by atoms with van der Waals surface area (Å²) < 4.78 is 44.3. The molecule has 10 heteroatoms. The number of hydrogen-bond donors (Lipinski definition) is 1. The highest BCUT2D eigenvalue weighted by atomic mass is 127. The summed E-state index contributed by atoms with van der Waals surface area (Å²) in [6.07, 6.45) is 0.564. The van der Waals surface area contributed by atoms with Gasteiger partial charge in [0.05, 0.1) is 13.2 Å². The average Bonchev–Trinajstić information content (AvgIpc) is 3.23. The number of likely N-dealkylation sites (tertiary alicyclic amines) is 1. The van der Waals surface area contributed by atoms with E-state index in [0.29, 0.717) is 11.8 Å². The van der Waals surface area contributed by atoms with Crippen molar-refractivity contribution < 1.29 is 17.9 Å². The molecule has 0 saturated carbocycles. The first kappa shape index (κ1) is 20.3. The van der Waals surface area contributed by atoms with Crippen molar-refractivity contribution in [3.8, 4) is 0 Å². The van der Waals surface area contributed by atoms with Gasteiger partial charge >= 0.3 is 6.18 Å². The van der Waals surface area contributed by atoms with Crippen LogP contribution in [0.15, 0.2) is 17.4 Å². The van der Waals surface area contributed by atoms with Gasteiger partial charge in [-0.3, -0.25) is 4.99 Å². The number of aliphatic imine (C=N–C) groups is 1. The van der Waals surface area contributed by atoms with Crippen LogP contribution in [0.2, 0.25) is 0 Å². The lowest BCUT2D eigenvalue weighted by Gasteiger charge is -2.25. The van der Waals surface area contributed by atoms with E-state index in [-0.39, 0.29) is 35.9 Å². The summed E-state index contributed by atoms with van der Waals surface area (Å²) in [7, 11) is 1.68. The molecule has 0 radical (unpaired) electrons. The van der Waals surface area contributed by atoms with Crippen molar-refractivity contribution in [2.75, 3.05) is 33.4 Å². The minimum atomic E-state index is -4.26. The Morgan fingerprint density at radius 3 is 2.88 bits per heavy atom. The van der Waals surface area contributed by atoms with E-state index < -0.39 is 12.7 Å². The van der Waals surface area contributed by atoms with Gasteiger partial charge in [0, 0.05) is 44.6 Å². The second kappa shape index (κ2) is 8.11. The Labute approximate surface area is 161 Å². The first-order valence-corrected chi connectivity index (χ1v) is 8.01. The van der Waals surface area contributed by atoms with E-state index in [0.717, 1.165) is 43.7 Å². The van der Waals surface area contributed by atoms with Crippen LogP contribution in [0.1, 0.15) is 18.7 Å². The molecule has 1 N–H and O–H groups in total. The number of imidazole rings is 1. The molecule has 1 atom stereocenters. The first-order chi connectivity index (χ1) is 11.4. The molecule has 2 fully saturated rings. The van der Waals surface area contributed by atoms with Gasteiger partial charge in [-0.2, -0.15) is 13.2 Å². The Morgan fingerprint density at radius 1 is 1.44 bits per heavy atom. The summed E-state index contributed by atoms with van der Waals surface area (Å²) in [5.74, 6) is 1.03. The van der Waals surface area contributed by atoms with Crippen molar-refractivity contribution in [1.29, 1.82) is 0 Å². The van der Waals surface area contributed by atoms with Crippen LogP contribution < -0.4 is 5.32 Å². The second-order valence-electron chi connectivity index (χ2n) is 6.46. The molecule has 1 aromatic rings. The third-order valence-electron chi connectivity index (χ3n) is 4.69. The monoisotopic (exact) mass is 473 g/mol. The maximum atomic E-state index is 12.6. The van der Waals surface area contributed by atoms with Gasteiger partial charge in [0.15, 0.2) is 5.96 Å². The molecule has 0 amide bonds. The second-order valence-corrected chi connectivity index (χ2v) is 6.46. The van der Waals surface area contributed by atoms with E-state index in [9.17, 15) is 13.2 Å². The molecule has 2 saturated heterocycles. The zero-order valence-electron chi connectivity index (χ0n) is 14.1. The average molecular weight is 473 g/mol. The van der Waals surface area contributed by atoms with Gasteiger partial charge in [-0.1, -0.05) is 0 Å². The van der Waals surface area contributed by atoms with Crippen molar-refractivity contribution >= 4 is 29.9 Å². The van der Waals surface area contributed by atoms with E-state index in [1.807, 2.05) is 0 Å². The standard InChI is InChI=1S/C15H22F3N5O.HI/c1-19-13(23-5-2-14(9-23)3-7-24-11-14)21-8-12-20-4-6-22(12)10-15(16,17)18;/h4,6H,2-3,5,7-11H2,1H3,(H,19,21);1H. The van der Waals surface area contributed by atoms with Gasteiger partial charge in [-0.15, -0.1) is 24.0 Å². The Kier molecular flexibility index (Phi) is 6.57. The lowest BCUT2D eigenvalue weighted by molar-refractivity contribution is -0.141. The lowest BCUT2D eigenvalue weighted by Crippen LogP contribution is -2.41. The number of halogens is 4. The van der Waals surface area contributed by atoms with Crippen LogP contribution in [0.25, 0.3) is 0 Å². The molecule has 0 aromatic carbocycles. The number of alkyl halides is 3. The quantitative estimate of drug-likeness (QED) is 0.416. The van der Waals surface area contributed by atoms with E-state index >= 15 is 0 Å². The summed E-state index contributed by atoms with van der Waals surface area (Å²) >= 11 is 0. The van der Waals surface area contributed by atoms with Crippen LogP contribution in [0.3, 0.4) is 0 Å². The summed E-state index contributed by atoms with van der Waals surface area (Å²) in [5, 5.41) is 3.13. The number of ether oxygens (including phenoxy) is 1. The van der Waals surface area contributed by atoms with Crippen LogP contribution in [0, 0.1) is 5.41 Å². The molecule has 0 aliphatic carbocycles. The Bertz CT molecular complexity index is 598. The first-order valence-electron chi connectivity index (χ1n) is 8.01. The summed E-state index contributed by atoms with van der Waals surface area (Å²) in [6.45, 7) is 2.48. The molecule has 6 nitrogen and oxygen atoms in total. The molecule has 142 valence electrons. The van der Waals surface area contributed by atoms with Crippen LogP contribution >= 0.6 is 24.0 Å². The topological polar surface area (TPSA) is 54.7 Å². The van der Waals surface area contributed by atoms with Gasteiger partial charge in [-0.25, -0.2) is 4.98 Å². The third kappa shape index (κ3) is 4.99. The van der Waals surface area contributed by atoms with Crippen molar-refractivity contribution in [2.24, 2.45) is 10.4 Å². The summed E-state index contributed by atoms with van der Waals surface area (Å²) in [6, 6.07) is 0. The molecule has 2 aliphatic heterocycles. The normalized spacial score (nSPS) is 24.0. The molecular weight excluding hydrogens is 450 g/mol. The molecule has 1 aromatic heterocycles. The third-order valence-corrected chi connectivity index (χ3v) is 4.69. The Morgan fingerprint density at radius 2 is 2.24 bits per heavy atom. The lowest BCUT2D eigenvalue weighted by atomic mass is 9.87. The fourth-order valence-electron chi connectivity index (χ4n) is 3.42. The molecule has 0 bridgehead atoms. The molecule has 2 aliphatic rings. The van der Waals surface area contributed by atoms with Crippen LogP contribution in [-0.4, -0.2) is 59.9 Å². The number of nitrogens with one attached hydrogen (secondary N) is 1. The molecule has 1 spiro atoms. The Balaban J connectivity index is 0.00000225. The SMILES string of the molecule is CN=C(NCc1nccn1CC(F)(F)F)N1CCC2(CCOC2)C1.I. The fraction of sp³-hybridized carbons (Fsp3) is 0.733. The number of hydrogen-bond acceptors (Lipinski definition) is 3. The van der Waals surface area contributed by atoms with Gasteiger partial charge in [0.2, 0.25) is 0 Å². The summed E-state index contributed by atoms with van der Waals surface area (Å²) in [5.41, 5.74) is 0.201.